The molecule has 1 aliphatic heterocycles. The maximum atomic E-state index is 5.92. The third-order valence-electron chi connectivity index (χ3n) is 3.22. The Morgan fingerprint density at radius 3 is 2.95 bits per heavy atom. The Bertz CT molecular complexity index is 422. The summed E-state index contributed by atoms with van der Waals surface area (Å²) in [7, 11) is 0. The minimum Gasteiger partial charge on any atom is -0.384 e. The molecule has 4 heteroatoms. The van der Waals surface area contributed by atoms with Crippen LogP contribution in [0.25, 0.3) is 0 Å². The Balaban J connectivity index is 1.79. The van der Waals surface area contributed by atoms with Crippen LogP contribution in [0.4, 0.5) is 5.69 Å². The molecule has 1 heterocycles. The number of morpholine rings is 1. The molecule has 0 aliphatic carbocycles. The van der Waals surface area contributed by atoms with Crippen LogP contribution in [0.1, 0.15) is 20.8 Å². The number of halogens is 1. The summed E-state index contributed by atoms with van der Waals surface area (Å²) < 4.78 is 7.03. The first-order valence-corrected chi connectivity index (χ1v) is 7.63. The Morgan fingerprint density at radius 2 is 2.26 bits per heavy atom. The molecule has 0 spiro atoms. The molecule has 19 heavy (non-hydrogen) atoms. The summed E-state index contributed by atoms with van der Waals surface area (Å²) in [5, 5.41) is 3.46. The van der Waals surface area contributed by atoms with Gasteiger partial charge in [-0.1, -0.05) is 22.0 Å². The highest BCUT2D eigenvalue weighted by Gasteiger charge is 2.30. The van der Waals surface area contributed by atoms with Crippen LogP contribution in [0, 0.1) is 0 Å². The van der Waals surface area contributed by atoms with E-state index in [2.05, 4.69) is 59.1 Å². The lowest BCUT2D eigenvalue weighted by Gasteiger charge is -2.41. The van der Waals surface area contributed by atoms with Crippen molar-refractivity contribution in [3.05, 3.63) is 28.7 Å². The largest absolute Gasteiger partial charge is 0.384 e. The zero-order valence-corrected chi connectivity index (χ0v) is 13.5. The predicted molar refractivity (Wildman–Crippen MR) is 83.7 cm³/mol. The Hall–Kier alpha value is -0.580. The molecule has 0 bridgehead atoms. The lowest BCUT2D eigenvalue weighted by molar-refractivity contribution is -0.127. The van der Waals surface area contributed by atoms with Crippen molar-refractivity contribution in [2.45, 2.75) is 32.5 Å². The molecule has 0 saturated carbocycles. The van der Waals surface area contributed by atoms with E-state index in [1.807, 2.05) is 12.1 Å². The van der Waals surface area contributed by atoms with Crippen molar-refractivity contribution in [3.8, 4) is 0 Å². The van der Waals surface area contributed by atoms with Gasteiger partial charge in [-0.05, 0) is 39.0 Å². The molecule has 0 amide bonds. The fraction of sp³-hybridized carbons (Fsp3) is 0.600. The second-order valence-corrected chi connectivity index (χ2v) is 6.78. The Morgan fingerprint density at radius 1 is 1.47 bits per heavy atom. The monoisotopic (exact) mass is 326 g/mol. The number of rotatable bonds is 4. The lowest BCUT2D eigenvalue weighted by atomic mass is 10.1. The van der Waals surface area contributed by atoms with E-state index in [1.165, 1.54) is 0 Å². The van der Waals surface area contributed by atoms with Crippen molar-refractivity contribution in [3.63, 3.8) is 0 Å². The van der Waals surface area contributed by atoms with Crippen LogP contribution in [0.5, 0.6) is 0 Å². The average molecular weight is 327 g/mol. The predicted octanol–water partition coefficient (Wildman–Crippen LogP) is 3.36. The van der Waals surface area contributed by atoms with Gasteiger partial charge < -0.3 is 10.1 Å². The van der Waals surface area contributed by atoms with Crippen LogP contribution in [0.2, 0.25) is 0 Å². The number of hydrogen-bond acceptors (Lipinski definition) is 3. The molecule has 106 valence electrons. The Kier molecular flexibility index (Phi) is 4.87. The first-order valence-electron chi connectivity index (χ1n) is 6.84. The number of anilines is 1. The smallest absolute Gasteiger partial charge is 0.0757 e. The lowest BCUT2D eigenvalue weighted by Crippen LogP contribution is -2.52. The quantitative estimate of drug-likeness (QED) is 0.918. The summed E-state index contributed by atoms with van der Waals surface area (Å²) in [6.07, 6.45) is 0.314. The van der Waals surface area contributed by atoms with Crippen LogP contribution in [-0.4, -0.2) is 42.8 Å². The molecule has 2 rings (SSSR count). The molecule has 1 aliphatic rings. The maximum Gasteiger partial charge on any atom is 0.0757 e. The summed E-state index contributed by atoms with van der Waals surface area (Å²) >= 11 is 3.49. The van der Waals surface area contributed by atoms with Crippen molar-refractivity contribution in [2.75, 3.05) is 31.5 Å². The van der Waals surface area contributed by atoms with Gasteiger partial charge in [-0.15, -0.1) is 0 Å². The van der Waals surface area contributed by atoms with Crippen molar-refractivity contribution in [1.82, 2.24) is 4.90 Å². The van der Waals surface area contributed by atoms with Gasteiger partial charge in [-0.2, -0.15) is 0 Å². The van der Waals surface area contributed by atoms with Crippen molar-refractivity contribution in [2.24, 2.45) is 0 Å². The van der Waals surface area contributed by atoms with Crippen molar-refractivity contribution < 1.29 is 4.74 Å². The first kappa shape index (κ1) is 14.8. The molecular weight excluding hydrogens is 304 g/mol. The zero-order chi connectivity index (χ0) is 13.9. The van der Waals surface area contributed by atoms with Crippen LogP contribution in [0.15, 0.2) is 28.7 Å². The fourth-order valence-corrected chi connectivity index (χ4v) is 3.11. The maximum absolute atomic E-state index is 5.92. The molecular formula is C15H23BrN2O. The molecule has 1 atom stereocenters. The standard InChI is InChI=1S/C15H23BrN2O/c1-12-10-18(11-15(2,3)19-12)8-7-17-14-6-4-5-13(16)9-14/h4-6,9,12,17H,7-8,10-11H2,1-3H3. The van der Waals surface area contributed by atoms with Crippen LogP contribution in [0.3, 0.4) is 0 Å². The van der Waals surface area contributed by atoms with E-state index < -0.39 is 0 Å². The molecule has 0 radical (unpaired) electrons. The normalized spacial score (nSPS) is 23.3. The highest BCUT2D eigenvalue weighted by molar-refractivity contribution is 9.10. The van der Waals surface area contributed by atoms with Gasteiger partial charge in [0.2, 0.25) is 0 Å². The summed E-state index contributed by atoms with van der Waals surface area (Å²) in [6, 6.07) is 8.28. The molecule has 1 aromatic carbocycles. The summed E-state index contributed by atoms with van der Waals surface area (Å²) in [5.41, 5.74) is 1.13. The third kappa shape index (κ3) is 4.79. The van der Waals surface area contributed by atoms with E-state index in [0.717, 1.165) is 36.3 Å². The van der Waals surface area contributed by atoms with E-state index >= 15 is 0 Å². The van der Waals surface area contributed by atoms with Gasteiger partial charge in [0.15, 0.2) is 0 Å². The fourth-order valence-electron chi connectivity index (χ4n) is 2.71. The molecule has 1 fully saturated rings. The first-order chi connectivity index (χ1) is 8.94. The van der Waals surface area contributed by atoms with Gasteiger partial charge in [0.05, 0.1) is 11.7 Å². The minimum atomic E-state index is -0.0343. The number of nitrogens with one attached hydrogen (secondary N) is 1. The molecule has 1 unspecified atom stereocenters. The van der Waals surface area contributed by atoms with E-state index in [1.54, 1.807) is 0 Å². The molecule has 3 nitrogen and oxygen atoms in total. The Labute approximate surface area is 124 Å². The van der Waals surface area contributed by atoms with Gasteiger partial charge in [0.1, 0.15) is 0 Å². The molecule has 1 N–H and O–H groups in total. The van der Waals surface area contributed by atoms with Crippen LogP contribution in [-0.2, 0) is 4.74 Å². The summed E-state index contributed by atoms with van der Waals surface area (Å²) in [4.78, 5) is 2.47. The highest BCUT2D eigenvalue weighted by atomic mass is 79.9. The zero-order valence-electron chi connectivity index (χ0n) is 11.9. The number of nitrogens with zero attached hydrogens (tertiary/aromatic N) is 1. The average Bonchev–Trinajstić information content (AvgIpc) is 2.26. The SMILES string of the molecule is CC1CN(CCNc2cccc(Br)c2)CC(C)(C)O1. The number of benzene rings is 1. The summed E-state index contributed by atoms with van der Waals surface area (Å²) in [6.45, 7) is 10.5. The van der Waals surface area contributed by atoms with Gasteiger partial charge in [-0.25, -0.2) is 0 Å². The van der Waals surface area contributed by atoms with E-state index in [0.29, 0.717) is 6.10 Å². The number of hydrogen-bond donors (Lipinski definition) is 1. The number of ether oxygens (including phenoxy) is 1. The second kappa shape index (κ2) is 6.25. The molecule has 1 saturated heterocycles. The summed E-state index contributed by atoms with van der Waals surface area (Å²) in [5.74, 6) is 0. The molecule has 0 aromatic heterocycles. The topological polar surface area (TPSA) is 24.5 Å². The van der Waals surface area contributed by atoms with Crippen molar-refractivity contribution >= 4 is 21.6 Å². The molecule has 1 aromatic rings. The van der Waals surface area contributed by atoms with E-state index in [-0.39, 0.29) is 5.60 Å². The van der Waals surface area contributed by atoms with Gasteiger partial charge in [0.25, 0.3) is 0 Å². The van der Waals surface area contributed by atoms with Gasteiger partial charge in [-0.3, -0.25) is 4.90 Å². The van der Waals surface area contributed by atoms with E-state index in [4.69, 9.17) is 4.74 Å². The van der Waals surface area contributed by atoms with Crippen molar-refractivity contribution in [1.29, 1.82) is 0 Å². The minimum absolute atomic E-state index is 0.0343. The van der Waals surface area contributed by atoms with Gasteiger partial charge in [0, 0.05) is 36.3 Å². The van der Waals surface area contributed by atoms with E-state index in [9.17, 15) is 0 Å². The highest BCUT2D eigenvalue weighted by Crippen LogP contribution is 2.20. The second-order valence-electron chi connectivity index (χ2n) is 5.86. The van der Waals surface area contributed by atoms with Gasteiger partial charge >= 0.3 is 0 Å². The third-order valence-corrected chi connectivity index (χ3v) is 3.71. The van der Waals surface area contributed by atoms with Crippen LogP contribution < -0.4 is 5.32 Å². The van der Waals surface area contributed by atoms with Crippen LogP contribution >= 0.6 is 15.9 Å².